The van der Waals surface area contributed by atoms with Gasteiger partial charge in [0, 0.05) is 5.56 Å². The summed E-state index contributed by atoms with van der Waals surface area (Å²) in [6.45, 7) is -0.413. The normalized spacial score (nSPS) is 12.0. The predicted molar refractivity (Wildman–Crippen MR) is 97.9 cm³/mol. The molecule has 0 saturated heterocycles. The molecule has 0 heterocycles. The number of aliphatic carboxylic acids is 1. The molecule has 1 aromatic rings. The van der Waals surface area contributed by atoms with Crippen LogP contribution in [-0.2, 0) is 14.3 Å². The Kier molecular flexibility index (Phi) is 8.77. The SMILES string of the molecule is O=C(O)CCC(=O)OC/C(Cl)=C(\Cl)c1c(Cl)c(Cl)c(Cl)c(Cl)c1Cl. The monoisotopic (exact) mass is 472 g/mol. The minimum absolute atomic E-state index is 0.0333. The number of rotatable bonds is 6. The van der Waals surface area contributed by atoms with Crippen LogP contribution in [0.2, 0.25) is 25.1 Å². The van der Waals surface area contributed by atoms with E-state index in [1.165, 1.54) is 0 Å². The molecule has 0 amide bonds. The largest absolute Gasteiger partial charge is 0.481 e. The third-order valence-electron chi connectivity index (χ3n) is 2.57. The lowest BCUT2D eigenvalue weighted by Crippen LogP contribution is -2.09. The Balaban J connectivity index is 3.03. The van der Waals surface area contributed by atoms with Gasteiger partial charge in [-0.2, -0.15) is 0 Å². The highest BCUT2D eigenvalue weighted by atomic mass is 35.5. The van der Waals surface area contributed by atoms with Gasteiger partial charge < -0.3 is 9.84 Å². The topological polar surface area (TPSA) is 63.6 Å². The standard InChI is InChI=1S/C13H7Cl7O4/c14-4(3-24-6(23)2-1-5(21)22)8(15)7-9(16)11(18)13(20)12(19)10(7)17/h1-3H2,(H,21,22)/b8-4+. The van der Waals surface area contributed by atoms with Gasteiger partial charge in [-0.15, -0.1) is 0 Å². The van der Waals surface area contributed by atoms with Gasteiger partial charge in [-0.05, 0) is 0 Å². The summed E-state index contributed by atoms with van der Waals surface area (Å²) in [5.74, 6) is -1.89. The maximum absolute atomic E-state index is 11.4. The molecule has 0 saturated carbocycles. The number of carboxylic acids is 1. The summed E-state index contributed by atoms with van der Waals surface area (Å²) >= 11 is 41.9. The van der Waals surface area contributed by atoms with E-state index in [0.29, 0.717) is 0 Å². The van der Waals surface area contributed by atoms with E-state index < -0.39 is 18.5 Å². The highest BCUT2D eigenvalue weighted by molar-refractivity contribution is 6.61. The van der Waals surface area contributed by atoms with Crippen molar-refractivity contribution in [3.63, 3.8) is 0 Å². The van der Waals surface area contributed by atoms with E-state index in [4.69, 9.17) is 91.0 Å². The number of halogens is 7. The Morgan fingerprint density at radius 1 is 0.833 bits per heavy atom. The summed E-state index contributed by atoms with van der Waals surface area (Å²) in [5, 5.41) is 7.91. The Labute approximate surface area is 172 Å². The highest BCUT2D eigenvalue weighted by Crippen LogP contribution is 2.48. The van der Waals surface area contributed by atoms with Crippen molar-refractivity contribution in [3.8, 4) is 0 Å². The summed E-state index contributed by atoms with van der Waals surface area (Å²) in [7, 11) is 0. The van der Waals surface area contributed by atoms with Crippen molar-refractivity contribution < 1.29 is 19.4 Å². The van der Waals surface area contributed by atoms with E-state index in [9.17, 15) is 9.59 Å². The molecule has 11 heteroatoms. The first kappa shape index (κ1) is 22.0. The molecular formula is C13H7Cl7O4. The number of carboxylic acid groups (broad SMARTS) is 1. The van der Waals surface area contributed by atoms with Gasteiger partial charge in [0.05, 0.1) is 48.0 Å². The predicted octanol–water partition coefficient (Wildman–Crippen LogP) is 6.51. The van der Waals surface area contributed by atoms with Gasteiger partial charge >= 0.3 is 11.9 Å². The maximum Gasteiger partial charge on any atom is 0.306 e. The first-order chi connectivity index (χ1) is 11.1. The van der Waals surface area contributed by atoms with Gasteiger partial charge in [-0.3, -0.25) is 9.59 Å². The van der Waals surface area contributed by atoms with E-state index in [1.807, 2.05) is 0 Å². The average molecular weight is 475 g/mol. The second-order valence-corrected chi connectivity index (χ2v) is 6.94. The maximum atomic E-state index is 11.4. The number of benzene rings is 1. The Morgan fingerprint density at radius 3 is 1.75 bits per heavy atom. The van der Waals surface area contributed by atoms with E-state index >= 15 is 0 Å². The number of carbonyl (C=O) groups excluding carboxylic acids is 1. The van der Waals surface area contributed by atoms with E-state index in [0.717, 1.165) is 0 Å². The second kappa shape index (κ2) is 9.58. The van der Waals surface area contributed by atoms with Crippen LogP contribution in [0, 0.1) is 0 Å². The lowest BCUT2D eigenvalue weighted by atomic mass is 10.2. The summed E-state index contributed by atoms with van der Waals surface area (Å²) in [4.78, 5) is 21.7. The summed E-state index contributed by atoms with van der Waals surface area (Å²) < 4.78 is 4.81. The molecule has 0 aliphatic heterocycles. The molecule has 4 nitrogen and oxygen atoms in total. The second-order valence-electron chi connectivity index (χ2n) is 4.22. The molecule has 0 unspecified atom stereocenters. The number of carbonyl (C=O) groups is 2. The molecule has 0 spiro atoms. The smallest absolute Gasteiger partial charge is 0.306 e. The fourth-order valence-electron chi connectivity index (χ4n) is 1.42. The molecule has 0 bridgehead atoms. The van der Waals surface area contributed by atoms with Crippen molar-refractivity contribution in [1.82, 2.24) is 0 Å². The zero-order chi connectivity index (χ0) is 18.6. The lowest BCUT2D eigenvalue weighted by Gasteiger charge is -2.13. The Bertz CT molecular complexity index is 686. The van der Waals surface area contributed by atoms with Crippen LogP contribution in [0.1, 0.15) is 18.4 Å². The molecule has 0 atom stereocenters. The molecule has 0 aliphatic rings. The third kappa shape index (κ3) is 5.46. The van der Waals surface area contributed by atoms with Crippen LogP contribution in [0.5, 0.6) is 0 Å². The van der Waals surface area contributed by atoms with E-state index in [2.05, 4.69) is 0 Å². The van der Waals surface area contributed by atoms with Crippen molar-refractivity contribution in [2.24, 2.45) is 0 Å². The number of hydrogen-bond acceptors (Lipinski definition) is 3. The third-order valence-corrected chi connectivity index (χ3v) is 5.66. The van der Waals surface area contributed by atoms with E-state index in [-0.39, 0.29) is 53.6 Å². The van der Waals surface area contributed by atoms with Gasteiger partial charge in [-0.25, -0.2) is 0 Å². The molecule has 0 aromatic heterocycles. The van der Waals surface area contributed by atoms with Crippen LogP contribution in [0.15, 0.2) is 5.03 Å². The summed E-state index contributed by atoms with van der Waals surface area (Å²) in [5.41, 5.74) is 0.0333. The van der Waals surface area contributed by atoms with Gasteiger partial charge in [-0.1, -0.05) is 81.2 Å². The first-order valence-corrected chi connectivity index (χ1v) is 8.65. The van der Waals surface area contributed by atoms with Crippen LogP contribution in [-0.4, -0.2) is 23.7 Å². The van der Waals surface area contributed by atoms with Crippen molar-refractivity contribution in [2.75, 3.05) is 6.61 Å². The zero-order valence-corrected chi connectivity index (χ0v) is 16.7. The molecule has 1 aromatic carbocycles. The molecule has 0 aliphatic carbocycles. The lowest BCUT2D eigenvalue weighted by molar-refractivity contribution is -0.146. The number of hydrogen-bond donors (Lipinski definition) is 1. The van der Waals surface area contributed by atoms with E-state index in [1.54, 1.807) is 0 Å². The molecular weight excluding hydrogens is 468 g/mol. The average Bonchev–Trinajstić information content (AvgIpc) is 2.54. The van der Waals surface area contributed by atoms with Crippen LogP contribution in [0.4, 0.5) is 0 Å². The minimum atomic E-state index is -1.13. The van der Waals surface area contributed by atoms with Crippen LogP contribution in [0.25, 0.3) is 5.03 Å². The van der Waals surface area contributed by atoms with Crippen molar-refractivity contribution in [1.29, 1.82) is 0 Å². The van der Waals surface area contributed by atoms with Gasteiger partial charge in [0.1, 0.15) is 6.61 Å². The number of esters is 1. The van der Waals surface area contributed by atoms with Crippen molar-refractivity contribution >= 4 is 98.2 Å². The molecule has 24 heavy (non-hydrogen) atoms. The first-order valence-electron chi connectivity index (χ1n) is 6.01. The van der Waals surface area contributed by atoms with Crippen LogP contribution in [0.3, 0.4) is 0 Å². The van der Waals surface area contributed by atoms with Gasteiger partial charge in [0.2, 0.25) is 0 Å². The molecule has 1 N–H and O–H groups in total. The van der Waals surface area contributed by atoms with Gasteiger partial charge in [0.25, 0.3) is 0 Å². The Morgan fingerprint density at radius 2 is 1.29 bits per heavy atom. The van der Waals surface area contributed by atoms with Crippen molar-refractivity contribution in [2.45, 2.75) is 12.8 Å². The zero-order valence-electron chi connectivity index (χ0n) is 11.4. The quantitative estimate of drug-likeness (QED) is 0.290. The fraction of sp³-hybridized carbons (Fsp3) is 0.231. The summed E-state index contributed by atoms with van der Waals surface area (Å²) in [6, 6.07) is 0. The van der Waals surface area contributed by atoms with Crippen LogP contribution >= 0.6 is 81.2 Å². The van der Waals surface area contributed by atoms with Crippen molar-refractivity contribution in [3.05, 3.63) is 35.7 Å². The molecule has 1 rings (SSSR count). The van der Waals surface area contributed by atoms with Gasteiger partial charge in [0.15, 0.2) is 0 Å². The Hall–Kier alpha value is -0.0700. The highest BCUT2D eigenvalue weighted by Gasteiger charge is 2.23. The molecule has 0 radical (unpaired) electrons. The van der Waals surface area contributed by atoms with Crippen LogP contribution < -0.4 is 0 Å². The fourth-order valence-corrected chi connectivity index (χ4v) is 3.24. The summed E-state index contributed by atoms with van der Waals surface area (Å²) in [6.07, 6.45) is -0.675. The molecule has 132 valence electrons. The number of ether oxygens (including phenoxy) is 1. The molecule has 0 fully saturated rings. The minimum Gasteiger partial charge on any atom is -0.481 e.